The van der Waals surface area contributed by atoms with Gasteiger partial charge in [-0.15, -0.1) is 0 Å². The number of hydrogen-bond acceptors (Lipinski definition) is 4. The molecule has 0 aliphatic rings. The van der Waals surface area contributed by atoms with Crippen molar-refractivity contribution < 1.29 is 19.0 Å². The molecule has 7 heteroatoms. The molecule has 0 atom stereocenters. The molecule has 0 aliphatic carbocycles. The maximum absolute atomic E-state index is 13.9. The molecule has 2 aromatic heterocycles. The van der Waals surface area contributed by atoms with Crippen LogP contribution < -0.4 is 4.74 Å². The molecule has 0 aliphatic heterocycles. The van der Waals surface area contributed by atoms with E-state index in [0.717, 1.165) is 0 Å². The van der Waals surface area contributed by atoms with Gasteiger partial charge in [-0.1, -0.05) is 0 Å². The van der Waals surface area contributed by atoms with Crippen molar-refractivity contribution in [2.45, 2.75) is 6.92 Å². The largest absolute Gasteiger partial charge is 0.478 e. The van der Waals surface area contributed by atoms with E-state index >= 15 is 0 Å². The summed E-state index contributed by atoms with van der Waals surface area (Å²) < 4.78 is 20.4. The van der Waals surface area contributed by atoms with Gasteiger partial charge in [0, 0.05) is 13.1 Å². The van der Waals surface area contributed by atoms with Crippen LogP contribution in [-0.4, -0.2) is 32.2 Å². The van der Waals surface area contributed by atoms with Gasteiger partial charge in [-0.3, -0.25) is 0 Å². The van der Waals surface area contributed by atoms with Crippen molar-refractivity contribution in [1.82, 2.24) is 14.5 Å². The van der Waals surface area contributed by atoms with E-state index in [4.69, 9.17) is 9.84 Å². The summed E-state index contributed by atoms with van der Waals surface area (Å²) >= 11 is 0. The van der Waals surface area contributed by atoms with Gasteiger partial charge >= 0.3 is 5.97 Å². The molecule has 100 valence electrons. The molecule has 0 aromatic carbocycles. The van der Waals surface area contributed by atoms with Crippen molar-refractivity contribution in [3.8, 4) is 17.1 Å². The first-order valence-electron chi connectivity index (χ1n) is 5.59. The fourth-order valence-corrected chi connectivity index (χ4v) is 1.73. The highest BCUT2D eigenvalue weighted by atomic mass is 19.1. The second-order valence-electron chi connectivity index (χ2n) is 3.78. The number of carbonyl (C=O) groups is 1. The number of rotatable bonds is 4. The summed E-state index contributed by atoms with van der Waals surface area (Å²) in [5.41, 5.74) is 0.0220. The number of pyridine rings is 1. The lowest BCUT2D eigenvalue weighted by molar-refractivity contribution is 0.0692. The minimum Gasteiger partial charge on any atom is -0.478 e. The van der Waals surface area contributed by atoms with E-state index in [-0.39, 0.29) is 22.8 Å². The van der Waals surface area contributed by atoms with Gasteiger partial charge in [-0.05, 0) is 13.0 Å². The SMILES string of the molecule is CCOc1ccc(-c2c(C(=O)O)ncn2C)c(F)n1. The standard InChI is InChI=1S/C12H12FN3O3/c1-3-19-8-5-4-7(11(13)15-8)10-9(12(17)18)14-6-16(10)2/h4-6H,3H2,1-2H3,(H,17,18). The molecule has 2 aromatic rings. The number of nitrogens with zero attached hydrogens (tertiary/aromatic N) is 3. The van der Waals surface area contributed by atoms with Crippen LogP contribution in [0.4, 0.5) is 4.39 Å². The molecular weight excluding hydrogens is 253 g/mol. The molecule has 0 spiro atoms. The molecule has 19 heavy (non-hydrogen) atoms. The average Bonchev–Trinajstić information content (AvgIpc) is 2.72. The number of halogens is 1. The van der Waals surface area contributed by atoms with Crippen molar-refractivity contribution in [2.75, 3.05) is 6.61 Å². The Morgan fingerprint density at radius 1 is 1.53 bits per heavy atom. The maximum Gasteiger partial charge on any atom is 0.356 e. The number of carboxylic acids is 1. The zero-order valence-electron chi connectivity index (χ0n) is 10.4. The Labute approximate surface area is 108 Å². The van der Waals surface area contributed by atoms with E-state index in [0.29, 0.717) is 6.61 Å². The van der Waals surface area contributed by atoms with Crippen LogP contribution in [0.3, 0.4) is 0 Å². The van der Waals surface area contributed by atoms with Gasteiger partial charge in [0.05, 0.1) is 24.2 Å². The number of aromatic carboxylic acids is 1. The van der Waals surface area contributed by atoms with E-state index < -0.39 is 11.9 Å². The molecule has 0 unspecified atom stereocenters. The molecular formula is C12H12FN3O3. The van der Waals surface area contributed by atoms with Crippen molar-refractivity contribution in [1.29, 1.82) is 0 Å². The Morgan fingerprint density at radius 3 is 2.84 bits per heavy atom. The molecule has 6 nitrogen and oxygen atoms in total. The average molecular weight is 265 g/mol. The Kier molecular flexibility index (Phi) is 3.46. The minimum atomic E-state index is -1.22. The molecule has 2 heterocycles. The quantitative estimate of drug-likeness (QED) is 0.852. The van der Waals surface area contributed by atoms with Crippen LogP contribution in [0.2, 0.25) is 0 Å². The lowest BCUT2D eigenvalue weighted by atomic mass is 10.1. The van der Waals surface area contributed by atoms with E-state index in [1.165, 1.54) is 23.0 Å². The van der Waals surface area contributed by atoms with Crippen LogP contribution in [0.25, 0.3) is 11.3 Å². The smallest absolute Gasteiger partial charge is 0.356 e. The zero-order valence-corrected chi connectivity index (χ0v) is 10.4. The third kappa shape index (κ3) is 2.40. The maximum atomic E-state index is 13.9. The van der Waals surface area contributed by atoms with Gasteiger partial charge in [0.1, 0.15) is 0 Å². The first kappa shape index (κ1) is 13.0. The van der Waals surface area contributed by atoms with Crippen LogP contribution in [-0.2, 0) is 7.05 Å². The predicted molar refractivity (Wildman–Crippen MR) is 64.5 cm³/mol. The van der Waals surface area contributed by atoms with E-state index in [2.05, 4.69) is 9.97 Å². The number of hydrogen-bond donors (Lipinski definition) is 1. The number of ether oxygens (including phenoxy) is 1. The fraction of sp³-hybridized carbons (Fsp3) is 0.250. The van der Waals surface area contributed by atoms with Gasteiger partial charge in [-0.2, -0.15) is 9.37 Å². The van der Waals surface area contributed by atoms with E-state index in [1.54, 1.807) is 14.0 Å². The second kappa shape index (κ2) is 5.05. The summed E-state index contributed by atoms with van der Waals surface area (Å²) in [6.07, 6.45) is 1.31. The number of aromatic nitrogens is 3. The summed E-state index contributed by atoms with van der Waals surface area (Å²) in [5.74, 6) is -1.86. The highest BCUT2D eigenvalue weighted by molar-refractivity contribution is 5.92. The Balaban J connectivity index is 2.53. The lowest BCUT2D eigenvalue weighted by Crippen LogP contribution is -2.04. The number of carboxylic acid groups (broad SMARTS) is 1. The highest BCUT2D eigenvalue weighted by Gasteiger charge is 2.21. The van der Waals surface area contributed by atoms with Crippen molar-refractivity contribution in [3.63, 3.8) is 0 Å². The normalized spacial score (nSPS) is 10.5. The van der Waals surface area contributed by atoms with Crippen LogP contribution in [0.15, 0.2) is 18.5 Å². The van der Waals surface area contributed by atoms with Gasteiger partial charge in [0.2, 0.25) is 11.8 Å². The minimum absolute atomic E-state index is 0.0702. The summed E-state index contributed by atoms with van der Waals surface area (Å²) in [5, 5.41) is 9.03. The van der Waals surface area contributed by atoms with Gasteiger partial charge in [-0.25, -0.2) is 9.78 Å². The Hall–Kier alpha value is -2.44. The van der Waals surface area contributed by atoms with Crippen LogP contribution >= 0.6 is 0 Å². The van der Waals surface area contributed by atoms with E-state index in [9.17, 15) is 9.18 Å². The number of imidazole rings is 1. The highest BCUT2D eigenvalue weighted by Crippen LogP contribution is 2.26. The fourth-order valence-electron chi connectivity index (χ4n) is 1.73. The predicted octanol–water partition coefficient (Wildman–Crippen LogP) is 1.72. The summed E-state index contributed by atoms with van der Waals surface area (Å²) in [7, 11) is 1.59. The van der Waals surface area contributed by atoms with Crippen molar-refractivity contribution in [3.05, 3.63) is 30.1 Å². The lowest BCUT2D eigenvalue weighted by Gasteiger charge is -2.07. The summed E-state index contributed by atoms with van der Waals surface area (Å²) in [6.45, 7) is 2.13. The Bertz CT molecular complexity index is 625. The third-order valence-corrected chi connectivity index (χ3v) is 2.51. The van der Waals surface area contributed by atoms with Crippen LogP contribution in [0, 0.1) is 5.95 Å². The molecule has 0 amide bonds. The topological polar surface area (TPSA) is 77.2 Å². The van der Waals surface area contributed by atoms with Crippen molar-refractivity contribution in [2.24, 2.45) is 7.05 Å². The third-order valence-electron chi connectivity index (χ3n) is 2.51. The summed E-state index contributed by atoms with van der Waals surface area (Å²) in [6, 6.07) is 2.91. The monoisotopic (exact) mass is 265 g/mol. The van der Waals surface area contributed by atoms with Gasteiger partial charge < -0.3 is 14.4 Å². The van der Waals surface area contributed by atoms with Crippen LogP contribution in [0.1, 0.15) is 17.4 Å². The second-order valence-corrected chi connectivity index (χ2v) is 3.78. The molecule has 0 saturated heterocycles. The van der Waals surface area contributed by atoms with E-state index in [1.807, 2.05) is 0 Å². The molecule has 0 radical (unpaired) electrons. The molecule has 1 N–H and O–H groups in total. The number of aryl methyl sites for hydroxylation is 1. The molecule has 0 bridgehead atoms. The molecule has 2 rings (SSSR count). The zero-order chi connectivity index (χ0) is 14.0. The molecule has 0 saturated carbocycles. The van der Waals surface area contributed by atoms with Gasteiger partial charge in [0.25, 0.3) is 0 Å². The molecule has 0 fully saturated rings. The van der Waals surface area contributed by atoms with Crippen molar-refractivity contribution >= 4 is 5.97 Å². The summed E-state index contributed by atoms with van der Waals surface area (Å²) in [4.78, 5) is 18.4. The van der Waals surface area contributed by atoms with Gasteiger partial charge in [0.15, 0.2) is 5.69 Å². The first-order valence-corrected chi connectivity index (χ1v) is 5.59. The van der Waals surface area contributed by atoms with Crippen LogP contribution in [0.5, 0.6) is 5.88 Å². The Morgan fingerprint density at radius 2 is 2.26 bits per heavy atom. The first-order chi connectivity index (χ1) is 9.04.